The summed E-state index contributed by atoms with van der Waals surface area (Å²) >= 11 is 5.27. The molecule has 0 aliphatic heterocycles. The molecule has 0 atom stereocenters. The molecule has 0 bridgehead atoms. The molecule has 23 heavy (non-hydrogen) atoms. The van der Waals surface area contributed by atoms with Crippen LogP contribution in [-0.4, -0.2) is 38.0 Å². The first kappa shape index (κ1) is 15.5. The molecule has 120 valence electrons. The Morgan fingerprint density at radius 1 is 1.30 bits per heavy atom. The molecule has 0 saturated heterocycles. The highest BCUT2D eigenvalue weighted by molar-refractivity contribution is 7.80. The van der Waals surface area contributed by atoms with Crippen LogP contribution in [0.25, 0.3) is 11.4 Å². The molecule has 1 saturated carbocycles. The standard InChI is InChI=1S/C15H19N7S/c23-15(17-13-7-2-1-3-8-13)20-16-10-11-5-4-6-12(9-11)14-18-21-22-19-14/h4-6,9-10,13H,1-3,7-8H2,(H2,17,20,23)(H,18,19,21,22)/b16-10+. The summed E-state index contributed by atoms with van der Waals surface area (Å²) in [6.45, 7) is 0. The van der Waals surface area contributed by atoms with E-state index in [9.17, 15) is 0 Å². The molecule has 0 spiro atoms. The van der Waals surface area contributed by atoms with Crippen molar-refractivity contribution in [1.29, 1.82) is 0 Å². The lowest BCUT2D eigenvalue weighted by Crippen LogP contribution is -2.40. The van der Waals surface area contributed by atoms with Crippen molar-refractivity contribution >= 4 is 23.5 Å². The topological polar surface area (TPSA) is 90.9 Å². The predicted octanol–water partition coefficient (Wildman–Crippen LogP) is 2.00. The molecule has 0 radical (unpaired) electrons. The lowest BCUT2D eigenvalue weighted by Gasteiger charge is -2.23. The Bertz CT molecular complexity index is 662. The Labute approximate surface area is 139 Å². The van der Waals surface area contributed by atoms with E-state index in [2.05, 4.69) is 36.5 Å². The minimum absolute atomic E-state index is 0.473. The van der Waals surface area contributed by atoms with Crippen molar-refractivity contribution in [3.8, 4) is 11.4 Å². The van der Waals surface area contributed by atoms with E-state index >= 15 is 0 Å². The first-order chi connectivity index (χ1) is 11.3. The van der Waals surface area contributed by atoms with Gasteiger partial charge in [-0.2, -0.15) is 10.3 Å². The third kappa shape index (κ3) is 4.56. The molecule has 7 nitrogen and oxygen atoms in total. The van der Waals surface area contributed by atoms with E-state index in [1.165, 1.54) is 32.1 Å². The van der Waals surface area contributed by atoms with Crippen molar-refractivity contribution in [1.82, 2.24) is 31.4 Å². The molecule has 1 aromatic heterocycles. The monoisotopic (exact) mass is 329 g/mol. The number of hydrogen-bond donors (Lipinski definition) is 3. The van der Waals surface area contributed by atoms with Crippen LogP contribution >= 0.6 is 12.2 Å². The van der Waals surface area contributed by atoms with Crippen molar-refractivity contribution in [3.63, 3.8) is 0 Å². The van der Waals surface area contributed by atoms with Gasteiger partial charge in [0, 0.05) is 11.6 Å². The number of tetrazole rings is 1. The number of rotatable bonds is 4. The van der Waals surface area contributed by atoms with Crippen molar-refractivity contribution in [2.24, 2.45) is 5.10 Å². The van der Waals surface area contributed by atoms with Gasteiger partial charge in [-0.15, -0.1) is 10.2 Å². The summed E-state index contributed by atoms with van der Waals surface area (Å²) in [6.07, 6.45) is 7.95. The normalized spacial score (nSPS) is 15.7. The van der Waals surface area contributed by atoms with Gasteiger partial charge < -0.3 is 5.32 Å². The van der Waals surface area contributed by atoms with Crippen LogP contribution in [0, 0.1) is 0 Å². The Kier molecular flexibility index (Phi) is 5.25. The van der Waals surface area contributed by atoms with Gasteiger partial charge in [0.15, 0.2) is 5.11 Å². The average molecular weight is 329 g/mol. The van der Waals surface area contributed by atoms with Gasteiger partial charge in [-0.1, -0.05) is 37.5 Å². The second-order valence-corrected chi connectivity index (χ2v) is 5.95. The summed E-state index contributed by atoms with van der Waals surface area (Å²) in [5, 5.41) is 22.0. The molecule has 1 aliphatic carbocycles. The van der Waals surface area contributed by atoms with Crippen molar-refractivity contribution < 1.29 is 0 Å². The van der Waals surface area contributed by atoms with Gasteiger partial charge in [0.2, 0.25) is 5.82 Å². The molecule has 1 aliphatic rings. The zero-order chi connectivity index (χ0) is 15.9. The first-order valence-corrected chi connectivity index (χ1v) is 8.15. The summed E-state index contributed by atoms with van der Waals surface area (Å²) < 4.78 is 0. The second kappa shape index (κ2) is 7.77. The van der Waals surface area contributed by atoms with E-state index in [1.807, 2.05) is 24.3 Å². The number of hydrazone groups is 1. The summed E-state index contributed by atoms with van der Waals surface area (Å²) in [6, 6.07) is 8.21. The molecule has 8 heteroatoms. The largest absolute Gasteiger partial charge is 0.359 e. The maximum Gasteiger partial charge on any atom is 0.204 e. The number of aromatic nitrogens is 4. The fraction of sp³-hybridized carbons (Fsp3) is 0.400. The van der Waals surface area contributed by atoms with Gasteiger partial charge in [-0.05, 0) is 41.9 Å². The van der Waals surface area contributed by atoms with Crippen LogP contribution in [0.2, 0.25) is 0 Å². The minimum atomic E-state index is 0.473. The fourth-order valence-corrected chi connectivity index (χ4v) is 2.89. The molecule has 3 N–H and O–H groups in total. The third-order valence-corrected chi connectivity index (χ3v) is 4.02. The number of nitrogens with zero attached hydrogens (tertiary/aromatic N) is 4. The smallest absolute Gasteiger partial charge is 0.204 e. The Balaban J connectivity index is 1.53. The summed E-state index contributed by atoms with van der Waals surface area (Å²) in [5.41, 5.74) is 4.68. The maximum absolute atomic E-state index is 5.27. The summed E-state index contributed by atoms with van der Waals surface area (Å²) in [7, 11) is 0. The number of thiocarbonyl (C=S) groups is 1. The van der Waals surface area contributed by atoms with Gasteiger partial charge in [-0.25, -0.2) is 0 Å². The first-order valence-electron chi connectivity index (χ1n) is 7.75. The van der Waals surface area contributed by atoms with Crippen LogP contribution in [0.5, 0.6) is 0 Å². The molecule has 1 aromatic carbocycles. The Morgan fingerprint density at radius 3 is 2.96 bits per heavy atom. The molecule has 1 fully saturated rings. The zero-order valence-corrected chi connectivity index (χ0v) is 13.5. The predicted molar refractivity (Wildman–Crippen MR) is 93.0 cm³/mol. The highest BCUT2D eigenvalue weighted by Crippen LogP contribution is 2.17. The quantitative estimate of drug-likeness (QED) is 0.451. The van der Waals surface area contributed by atoms with Crippen molar-refractivity contribution in [2.45, 2.75) is 38.1 Å². The lowest BCUT2D eigenvalue weighted by molar-refractivity contribution is 0.412. The lowest BCUT2D eigenvalue weighted by atomic mass is 9.96. The Morgan fingerprint density at radius 2 is 2.17 bits per heavy atom. The van der Waals surface area contributed by atoms with Crippen LogP contribution in [0.15, 0.2) is 29.4 Å². The van der Waals surface area contributed by atoms with E-state index in [4.69, 9.17) is 12.2 Å². The number of benzene rings is 1. The van der Waals surface area contributed by atoms with Crippen LogP contribution in [0.3, 0.4) is 0 Å². The van der Waals surface area contributed by atoms with Crippen LogP contribution in [-0.2, 0) is 0 Å². The molecule has 0 unspecified atom stereocenters. The van der Waals surface area contributed by atoms with Crippen LogP contribution in [0.1, 0.15) is 37.7 Å². The minimum Gasteiger partial charge on any atom is -0.359 e. The molecular formula is C15H19N7S. The molecule has 2 aromatic rings. The number of H-pyrrole nitrogens is 1. The summed E-state index contributed by atoms with van der Waals surface area (Å²) in [5.74, 6) is 0.558. The van der Waals surface area contributed by atoms with Gasteiger partial charge in [0.1, 0.15) is 0 Å². The third-order valence-electron chi connectivity index (χ3n) is 3.81. The zero-order valence-electron chi connectivity index (χ0n) is 12.7. The highest BCUT2D eigenvalue weighted by atomic mass is 32.1. The molecule has 1 heterocycles. The summed E-state index contributed by atoms with van der Waals surface area (Å²) in [4.78, 5) is 0. The average Bonchev–Trinajstić information content (AvgIpc) is 3.11. The SMILES string of the molecule is S=C(N/N=C/c1cccc(-c2nn[nH]n2)c1)NC1CCCCC1. The second-order valence-electron chi connectivity index (χ2n) is 5.54. The number of aromatic amines is 1. The van der Waals surface area contributed by atoms with Crippen LogP contribution < -0.4 is 10.7 Å². The van der Waals surface area contributed by atoms with Gasteiger partial charge in [0.25, 0.3) is 0 Å². The van der Waals surface area contributed by atoms with E-state index in [0.29, 0.717) is 17.0 Å². The number of nitrogens with one attached hydrogen (secondary N) is 3. The van der Waals surface area contributed by atoms with Gasteiger partial charge in [-0.3, -0.25) is 5.43 Å². The number of hydrogen-bond acceptors (Lipinski definition) is 5. The van der Waals surface area contributed by atoms with E-state index in [1.54, 1.807) is 6.21 Å². The molecular weight excluding hydrogens is 310 g/mol. The van der Waals surface area contributed by atoms with Gasteiger partial charge in [0.05, 0.1) is 6.21 Å². The highest BCUT2D eigenvalue weighted by Gasteiger charge is 2.13. The van der Waals surface area contributed by atoms with Gasteiger partial charge >= 0.3 is 0 Å². The van der Waals surface area contributed by atoms with Crippen LogP contribution in [0.4, 0.5) is 0 Å². The Hall–Kier alpha value is -2.35. The van der Waals surface area contributed by atoms with E-state index < -0.39 is 0 Å². The van der Waals surface area contributed by atoms with E-state index in [0.717, 1.165) is 11.1 Å². The van der Waals surface area contributed by atoms with E-state index in [-0.39, 0.29) is 0 Å². The molecule has 3 rings (SSSR count). The fourth-order valence-electron chi connectivity index (χ4n) is 2.67. The van der Waals surface area contributed by atoms with Crippen molar-refractivity contribution in [3.05, 3.63) is 29.8 Å². The molecule has 0 amide bonds. The maximum atomic E-state index is 5.27. The van der Waals surface area contributed by atoms with Crippen molar-refractivity contribution in [2.75, 3.05) is 0 Å².